The van der Waals surface area contributed by atoms with Crippen LogP contribution in [0.15, 0.2) is 91.0 Å². The molecule has 2 atom stereocenters. The second-order valence-corrected chi connectivity index (χ2v) is 7.73. The van der Waals surface area contributed by atoms with E-state index >= 15 is 0 Å². The van der Waals surface area contributed by atoms with Gasteiger partial charge in [-0.05, 0) is 23.6 Å². The molecule has 0 spiro atoms. The summed E-state index contributed by atoms with van der Waals surface area (Å²) in [5, 5.41) is 0. The first-order chi connectivity index (χ1) is 15.1. The van der Waals surface area contributed by atoms with Gasteiger partial charge >= 0.3 is 6.09 Å². The highest BCUT2D eigenvalue weighted by atomic mass is 16.6. The normalized spacial score (nSPS) is 17.3. The highest BCUT2D eigenvalue weighted by Gasteiger charge is 2.38. The fourth-order valence-corrected chi connectivity index (χ4v) is 3.94. The highest BCUT2D eigenvalue weighted by Crippen LogP contribution is 2.34. The third-order valence-corrected chi connectivity index (χ3v) is 5.74. The van der Waals surface area contributed by atoms with Gasteiger partial charge in [0.05, 0.1) is 18.5 Å². The number of hydrogen-bond acceptors (Lipinski definition) is 3. The van der Waals surface area contributed by atoms with Gasteiger partial charge in [-0.1, -0.05) is 91.0 Å². The molecule has 2 amide bonds. The summed E-state index contributed by atoms with van der Waals surface area (Å²) >= 11 is 0. The van der Waals surface area contributed by atoms with Crippen molar-refractivity contribution in [3.63, 3.8) is 0 Å². The van der Waals surface area contributed by atoms with E-state index < -0.39 is 6.09 Å². The Morgan fingerprint density at radius 3 is 2.16 bits per heavy atom. The Hall–Kier alpha value is -3.60. The van der Waals surface area contributed by atoms with E-state index in [1.807, 2.05) is 97.9 Å². The molecule has 0 bridgehead atoms. The number of hydrogen-bond donors (Lipinski definition) is 0. The van der Waals surface area contributed by atoms with E-state index in [-0.39, 0.29) is 37.7 Å². The quantitative estimate of drug-likeness (QED) is 0.568. The van der Waals surface area contributed by atoms with E-state index in [1.165, 1.54) is 0 Å². The Labute approximate surface area is 182 Å². The number of carbonyl (C=O) groups is 2. The van der Waals surface area contributed by atoms with Crippen molar-refractivity contribution < 1.29 is 14.3 Å². The molecule has 31 heavy (non-hydrogen) atoms. The number of carbonyl (C=O) groups excluding carboxylic acids is 2. The van der Waals surface area contributed by atoms with Gasteiger partial charge in [-0.25, -0.2) is 4.79 Å². The van der Waals surface area contributed by atoms with Gasteiger partial charge in [0, 0.05) is 0 Å². The van der Waals surface area contributed by atoms with E-state index in [0.29, 0.717) is 0 Å². The lowest BCUT2D eigenvalue weighted by Crippen LogP contribution is -2.52. The summed E-state index contributed by atoms with van der Waals surface area (Å²) in [6, 6.07) is 28.6. The first kappa shape index (κ1) is 20.7. The Balaban J connectivity index is 1.57. The molecule has 0 aromatic heterocycles. The molecule has 1 aliphatic heterocycles. The van der Waals surface area contributed by atoms with Crippen LogP contribution in [0.4, 0.5) is 4.79 Å². The number of rotatable bonds is 5. The van der Waals surface area contributed by atoms with Crippen LogP contribution in [-0.4, -0.2) is 28.5 Å². The summed E-state index contributed by atoms with van der Waals surface area (Å²) in [4.78, 5) is 29.6. The minimum Gasteiger partial charge on any atom is -0.444 e. The molecule has 1 fully saturated rings. The Morgan fingerprint density at radius 1 is 0.935 bits per heavy atom. The molecule has 1 saturated heterocycles. The van der Waals surface area contributed by atoms with Crippen molar-refractivity contribution in [2.75, 3.05) is 6.67 Å². The first-order valence-electron chi connectivity index (χ1n) is 10.5. The number of benzene rings is 3. The molecule has 3 aromatic carbocycles. The zero-order valence-corrected chi connectivity index (χ0v) is 17.6. The molecule has 3 aromatic rings. The van der Waals surface area contributed by atoms with Crippen LogP contribution in [0.5, 0.6) is 0 Å². The van der Waals surface area contributed by atoms with Gasteiger partial charge in [0.1, 0.15) is 13.3 Å². The molecule has 0 saturated carbocycles. The first-order valence-corrected chi connectivity index (χ1v) is 10.5. The summed E-state index contributed by atoms with van der Waals surface area (Å²) in [7, 11) is 0. The second kappa shape index (κ2) is 9.47. The average Bonchev–Trinajstić information content (AvgIpc) is 2.83. The van der Waals surface area contributed by atoms with Gasteiger partial charge in [0.25, 0.3) is 0 Å². The van der Waals surface area contributed by atoms with E-state index in [9.17, 15) is 9.59 Å². The van der Waals surface area contributed by atoms with Crippen LogP contribution in [0.3, 0.4) is 0 Å². The second-order valence-electron chi connectivity index (χ2n) is 7.73. The minimum absolute atomic E-state index is 0.0253. The monoisotopic (exact) mass is 414 g/mol. The molecule has 1 aliphatic rings. The molecule has 1 heterocycles. The maximum Gasteiger partial charge on any atom is 0.412 e. The molecule has 0 aliphatic carbocycles. The SMILES string of the molecule is C[C@@H](c1ccccc1)N1CN(C(=O)OCc2ccccc2)[C@@H](c2ccccc2)CC1=O. The van der Waals surface area contributed by atoms with E-state index in [0.717, 1.165) is 16.7 Å². The van der Waals surface area contributed by atoms with Crippen LogP contribution in [0.2, 0.25) is 0 Å². The Morgan fingerprint density at radius 2 is 1.52 bits per heavy atom. The molecule has 5 heteroatoms. The van der Waals surface area contributed by atoms with Gasteiger partial charge in [0.2, 0.25) is 5.91 Å². The highest BCUT2D eigenvalue weighted by molar-refractivity contribution is 5.81. The fraction of sp³-hybridized carbons (Fsp3) is 0.231. The van der Waals surface area contributed by atoms with Crippen LogP contribution in [-0.2, 0) is 16.1 Å². The number of nitrogens with zero attached hydrogens (tertiary/aromatic N) is 2. The van der Waals surface area contributed by atoms with Crippen molar-refractivity contribution in [2.24, 2.45) is 0 Å². The standard InChI is InChI=1S/C26H26N2O3/c1-20(22-13-7-3-8-14-22)27-19-28(26(30)31-18-21-11-5-2-6-12-21)24(17-25(27)29)23-15-9-4-10-16-23/h2-16,20,24H,17-19H2,1H3/t20-,24+/m0/s1. The lowest BCUT2D eigenvalue weighted by molar-refractivity contribution is -0.142. The topological polar surface area (TPSA) is 49.9 Å². The van der Waals surface area contributed by atoms with Crippen molar-refractivity contribution in [2.45, 2.75) is 32.0 Å². The molecule has 0 N–H and O–H groups in total. The van der Waals surface area contributed by atoms with Crippen molar-refractivity contribution in [3.8, 4) is 0 Å². The molecule has 4 rings (SSSR count). The van der Waals surface area contributed by atoms with Gasteiger partial charge in [-0.3, -0.25) is 9.69 Å². The lowest BCUT2D eigenvalue weighted by Gasteiger charge is -2.43. The third kappa shape index (κ3) is 4.77. The smallest absolute Gasteiger partial charge is 0.412 e. The summed E-state index contributed by atoms with van der Waals surface area (Å²) in [5.74, 6) is 0.0253. The van der Waals surface area contributed by atoms with E-state index in [1.54, 1.807) is 9.80 Å². The summed E-state index contributed by atoms with van der Waals surface area (Å²) in [5.41, 5.74) is 2.89. The number of amides is 2. The van der Waals surface area contributed by atoms with Crippen LogP contribution >= 0.6 is 0 Å². The zero-order chi connectivity index (χ0) is 21.6. The van der Waals surface area contributed by atoms with Gasteiger partial charge in [-0.2, -0.15) is 0 Å². The molecule has 158 valence electrons. The van der Waals surface area contributed by atoms with Gasteiger partial charge in [0.15, 0.2) is 0 Å². The van der Waals surface area contributed by atoms with Crippen LogP contribution in [0.25, 0.3) is 0 Å². The number of ether oxygens (including phenoxy) is 1. The minimum atomic E-state index is -0.421. The molecular formula is C26H26N2O3. The van der Waals surface area contributed by atoms with Crippen molar-refractivity contribution in [1.29, 1.82) is 0 Å². The van der Waals surface area contributed by atoms with Crippen molar-refractivity contribution >= 4 is 12.0 Å². The molecule has 5 nitrogen and oxygen atoms in total. The van der Waals surface area contributed by atoms with Crippen LogP contribution < -0.4 is 0 Å². The van der Waals surface area contributed by atoms with Crippen molar-refractivity contribution in [1.82, 2.24) is 9.80 Å². The average molecular weight is 415 g/mol. The summed E-state index contributed by atoms with van der Waals surface area (Å²) < 4.78 is 5.64. The van der Waals surface area contributed by atoms with Crippen LogP contribution in [0.1, 0.15) is 42.1 Å². The van der Waals surface area contributed by atoms with E-state index in [2.05, 4.69) is 0 Å². The molecular weight excluding hydrogens is 388 g/mol. The predicted octanol–water partition coefficient (Wildman–Crippen LogP) is 5.32. The van der Waals surface area contributed by atoms with Gasteiger partial charge < -0.3 is 9.64 Å². The fourth-order valence-electron chi connectivity index (χ4n) is 3.94. The molecule has 0 radical (unpaired) electrons. The maximum atomic E-state index is 13.1. The third-order valence-electron chi connectivity index (χ3n) is 5.74. The van der Waals surface area contributed by atoms with Crippen LogP contribution in [0, 0.1) is 0 Å². The summed E-state index contributed by atoms with van der Waals surface area (Å²) in [6.07, 6.45) is -0.197. The zero-order valence-electron chi connectivity index (χ0n) is 17.6. The predicted molar refractivity (Wildman–Crippen MR) is 119 cm³/mol. The largest absolute Gasteiger partial charge is 0.444 e. The lowest BCUT2D eigenvalue weighted by atomic mass is 9.98. The summed E-state index contributed by atoms with van der Waals surface area (Å²) in [6.45, 7) is 2.37. The Bertz CT molecular complexity index is 1010. The van der Waals surface area contributed by atoms with E-state index in [4.69, 9.17) is 4.74 Å². The molecule has 0 unspecified atom stereocenters. The maximum absolute atomic E-state index is 13.1. The van der Waals surface area contributed by atoms with Crippen molar-refractivity contribution in [3.05, 3.63) is 108 Å². The van der Waals surface area contributed by atoms with Gasteiger partial charge in [-0.15, -0.1) is 0 Å². The Kier molecular flexibility index (Phi) is 6.32.